The molecule has 0 spiro atoms. The molecule has 0 bridgehead atoms. The van der Waals surface area contributed by atoms with Crippen LogP contribution in [0.15, 0.2) is 146 Å². The molecule has 0 unspecified atom stereocenters. The molecule has 202 valence electrons. The summed E-state index contributed by atoms with van der Waals surface area (Å²) in [4.78, 5) is 9.76. The SMILES string of the molecule is c1ccc(-c2nc(-c3ccccc3)c(-n3c4ccccc4c4c3ccc3c5ccccc5n(-c5cccnc5)c34)s2)cc1. The maximum absolute atomic E-state index is 5.27. The van der Waals surface area contributed by atoms with Crippen LogP contribution in [0.4, 0.5) is 0 Å². The van der Waals surface area contributed by atoms with Crippen molar-refractivity contribution in [2.75, 3.05) is 0 Å². The van der Waals surface area contributed by atoms with Crippen LogP contribution in [0.3, 0.4) is 0 Å². The first kappa shape index (κ1) is 24.1. The van der Waals surface area contributed by atoms with Crippen LogP contribution >= 0.6 is 11.3 Å². The molecular formula is C38H24N4S. The van der Waals surface area contributed by atoms with Crippen molar-refractivity contribution in [2.45, 2.75) is 0 Å². The lowest BCUT2D eigenvalue weighted by Gasteiger charge is -2.09. The summed E-state index contributed by atoms with van der Waals surface area (Å²) in [5, 5.41) is 7.01. The number of nitrogens with zero attached hydrogens (tertiary/aromatic N) is 4. The fraction of sp³-hybridized carbons (Fsp3) is 0. The monoisotopic (exact) mass is 568 g/mol. The number of hydrogen-bond acceptors (Lipinski definition) is 3. The molecule has 9 aromatic rings. The van der Waals surface area contributed by atoms with Crippen LogP contribution in [-0.2, 0) is 0 Å². The molecule has 0 saturated heterocycles. The van der Waals surface area contributed by atoms with E-state index in [-0.39, 0.29) is 0 Å². The molecule has 5 heteroatoms. The Bertz CT molecular complexity index is 2440. The first-order valence-corrected chi connectivity index (χ1v) is 15.2. The first-order chi connectivity index (χ1) is 21.4. The molecule has 0 radical (unpaired) electrons. The summed E-state index contributed by atoms with van der Waals surface area (Å²) in [5.74, 6) is 0. The standard InChI is InChI=1S/C38H24N4S/c1-3-12-25(13-4-1)35-38(43-37(40-35)26-14-5-2-6-15-26)42-32-20-10-8-18-30(32)34-33(42)22-21-29-28-17-7-9-19-31(28)41(36(29)34)27-16-11-23-39-24-27/h1-24H. The second kappa shape index (κ2) is 9.51. The van der Waals surface area contributed by atoms with Crippen LogP contribution in [0.1, 0.15) is 0 Å². The van der Waals surface area contributed by atoms with E-state index in [9.17, 15) is 0 Å². The Labute approximate surface area is 251 Å². The number of rotatable bonds is 4. The summed E-state index contributed by atoms with van der Waals surface area (Å²) < 4.78 is 4.79. The molecule has 0 aliphatic carbocycles. The molecule has 0 atom stereocenters. The van der Waals surface area contributed by atoms with E-state index in [2.05, 4.69) is 142 Å². The molecule has 4 nitrogen and oxygen atoms in total. The van der Waals surface area contributed by atoms with E-state index < -0.39 is 0 Å². The van der Waals surface area contributed by atoms with Crippen LogP contribution in [0, 0.1) is 0 Å². The molecule has 9 rings (SSSR count). The van der Waals surface area contributed by atoms with Crippen LogP contribution in [-0.4, -0.2) is 19.1 Å². The van der Waals surface area contributed by atoms with Gasteiger partial charge in [-0.2, -0.15) is 0 Å². The number of aromatic nitrogens is 4. The van der Waals surface area contributed by atoms with E-state index in [1.807, 2.05) is 18.5 Å². The number of hydrogen-bond donors (Lipinski definition) is 0. The normalized spacial score (nSPS) is 11.7. The molecule has 4 aromatic heterocycles. The van der Waals surface area contributed by atoms with E-state index in [0.29, 0.717) is 0 Å². The van der Waals surface area contributed by atoms with Crippen LogP contribution in [0.5, 0.6) is 0 Å². The molecular weight excluding hydrogens is 545 g/mol. The van der Waals surface area contributed by atoms with E-state index in [1.54, 1.807) is 11.3 Å². The number of para-hydroxylation sites is 2. The van der Waals surface area contributed by atoms with Gasteiger partial charge < -0.3 is 4.57 Å². The van der Waals surface area contributed by atoms with Gasteiger partial charge in [0.25, 0.3) is 0 Å². The predicted octanol–water partition coefficient (Wildman–Crippen LogP) is 10.1. The summed E-state index contributed by atoms with van der Waals surface area (Å²) in [5.41, 5.74) is 8.94. The van der Waals surface area contributed by atoms with Gasteiger partial charge >= 0.3 is 0 Å². The Kier molecular flexibility index (Phi) is 5.33. The zero-order valence-electron chi connectivity index (χ0n) is 23.1. The molecule has 0 amide bonds. The van der Waals surface area contributed by atoms with E-state index in [4.69, 9.17) is 4.98 Å². The largest absolute Gasteiger partial charge is 0.307 e. The van der Waals surface area contributed by atoms with Gasteiger partial charge in [-0.1, -0.05) is 114 Å². The van der Waals surface area contributed by atoms with Gasteiger partial charge in [0.1, 0.15) is 15.7 Å². The summed E-state index contributed by atoms with van der Waals surface area (Å²) in [6.45, 7) is 0. The minimum absolute atomic E-state index is 0.986. The minimum Gasteiger partial charge on any atom is -0.307 e. The maximum Gasteiger partial charge on any atom is 0.129 e. The number of thiazole rings is 1. The van der Waals surface area contributed by atoms with Gasteiger partial charge in [0, 0.05) is 38.9 Å². The van der Waals surface area contributed by atoms with Gasteiger partial charge in [0.05, 0.1) is 34.0 Å². The van der Waals surface area contributed by atoms with E-state index >= 15 is 0 Å². The third kappa shape index (κ3) is 3.62. The Hall–Kier alpha value is -5.52. The molecule has 0 saturated carbocycles. The predicted molar refractivity (Wildman–Crippen MR) is 179 cm³/mol. The van der Waals surface area contributed by atoms with Crippen molar-refractivity contribution >= 4 is 54.9 Å². The number of pyridine rings is 1. The average molecular weight is 569 g/mol. The molecule has 0 N–H and O–H groups in total. The first-order valence-electron chi connectivity index (χ1n) is 14.3. The van der Waals surface area contributed by atoms with Crippen molar-refractivity contribution in [1.82, 2.24) is 19.1 Å². The van der Waals surface area contributed by atoms with Crippen molar-refractivity contribution < 1.29 is 0 Å². The highest BCUT2D eigenvalue weighted by atomic mass is 32.1. The Morgan fingerprint density at radius 2 is 1.19 bits per heavy atom. The van der Waals surface area contributed by atoms with Crippen molar-refractivity contribution in [3.05, 3.63) is 146 Å². The summed E-state index contributed by atoms with van der Waals surface area (Å²) >= 11 is 1.74. The molecule has 4 heterocycles. The van der Waals surface area contributed by atoms with Crippen molar-refractivity contribution in [2.24, 2.45) is 0 Å². The van der Waals surface area contributed by atoms with E-state index in [1.165, 1.54) is 32.6 Å². The van der Waals surface area contributed by atoms with Crippen molar-refractivity contribution in [3.63, 3.8) is 0 Å². The minimum atomic E-state index is 0.986. The van der Waals surface area contributed by atoms with E-state index in [0.717, 1.165) is 43.6 Å². The second-order valence-electron chi connectivity index (χ2n) is 10.7. The van der Waals surface area contributed by atoms with Gasteiger partial charge in [0.2, 0.25) is 0 Å². The lowest BCUT2D eigenvalue weighted by molar-refractivity contribution is 1.14. The lowest BCUT2D eigenvalue weighted by Crippen LogP contribution is -1.96. The van der Waals surface area contributed by atoms with Gasteiger partial charge in [-0.15, -0.1) is 0 Å². The molecule has 5 aromatic carbocycles. The quantitative estimate of drug-likeness (QED) is 0.212. The topological polar surface area (TPSA) is 35.6 Å². The smallest absolute Gasteiger partial charge is 0.129 e. The molecule has 43 heavy (non-hydrogen) atoms. The number of benzene rings is 5. The van der Waals surface area contributed by atoms with Gasteiger partial charge in [-0.05, 0) is 30.3 Å². The van der Waals surface area contributed by atoms with Crippen LogP contribution in [0.25, 0.3) is 76.1 Å². The Morgan fingerprint density at radius 1 is 0.512 bits per heavy atom. The highest BCUT2D eigenvalue weighted by Gasteiger charge is 2.24. The fourth-order valence-electron chi connectivity index (χ4n) is 6.43. The molecule has 0 aliphatic heterocycles. The lowest BCUT2D eigenvalue weighted by atomic mass is 10.1. The third-order valence-electron chi connectivity index (χ3n) is 8.25. The average Bonchev–Trinajstić information content (AvgIpc) is 3.76. The van der Waals surface area contributed by atoms with Gasteiger partial charge in [-0.25, -0.2) is 4.98 Å². The van der Waals surface area contributed by atoms with Gasteiger partial charge in [0.15, 0.2) is 0 Å². The third-order valence-corrected chi connectivity index (χ3v) is 9.34. The molecule has 0 aliphatic rings. The Balaban J connectivity index is 1.45. The Morgan fingerprint density at radius 3 is 1.93 bits per heavy atom. The summed E-state index contributed by atoms with van der Waals surface area (Å²) in [7, 11) is 0. The number of fused-ring (bicyclic) bond motifs is 7. The van der Waals surface area contributed by atoms with Gasteiger partial charge in [-0.3, -0.25) is 9.55 Å². The zero-order valence-corrected chi connectivity index (χ0v) is 23.9. The van der Waals surface area contributed by atoms with Crippen molar-refractivity contribution in [3.8, 4) is 32.5 Å². The van der Waals surface area contributed by atoms with Crippen molar-refractivity contribution in [1.29, 1.82) is 0 Å². The highest BCUT2D eigenvalue weighted by molar-refractivity contribution is 7.18. The summed E-state index contributed by atoms with van der Waals surface area (Å²) in [6, 6.07) is 47.1. The van der Waals surface area contributed by atoms with Crippen LogP contribution < -0.4 is 0 Å². The van der Waals surface area contributed by atoms with Crippen LogP contribution in [0.2, 0.25) is 0 Å². The fourth-order valence-corrected chi connectivity index (χ4v) is 7.56. The highest BCUT2D eigenvalue weighted by Crippen LogP contribution is 2.45. The zero-order chi connectivity index (χ0) is 28.3. The maximum atomic E-state index is 5.27. The summed E-state index contributed by atoms with van der Waals surface area (Å²) in [6.07, 6.45) is 3.78. The molecule has 0 fully saturated rings. The second-order valence-corrected chi connectivity index (χ2v) is 11.7.